The normalized spacial score (nSPS) is 24.6. The van der Waals surface area contributed by atoms with Gasteiger partial charge in [-0.25, -0.2) is 0 Å². The summed E-state index contributed by atoms with van der Waals surface area (Å²) >= 11 is 0. The Balaban J connectivity index is 2.43. The van der Waals surface area contributed by atoms with Gasteiger partial charge in [0.25, 0.3) is 0 Å². The van der Waals surface area contributed by atoms with Gasteiger partial charge in [-0.3, -0.25) is 0 Å². The highest BCUT2D eigenvalue weighted by Gasteiger charge is 2.07. The summed E-state index contributed by atoms with van der Waals surface area (Å²) in [5.74, 6) is 0.918. The average molecular weight is 222 g/mol. The molecule has 0 aromatic rings. The largest absolute Gasteiger partial charge is 0.0853 e. The van der Waals surface area contributed by atoms with Crippen molar-refractivity contribution in [3.05, 3.63) is 11.6 Å². The lowest BCUT2D eigenvalue weighted by molar-refractivity contribution is 0.479. The van der Waals surface area contributed by atoms with Crippen LogP contribution < -0.4 is 0 Å². The minimum absolute atomic E-state index is 0.918. The highest BCUT2D eigenvalue weighted by atomic mass is 14.1. The first-order chi connectivity index (χ1) is 7.83. The van der Waals surface area contributed by atoms with Crippen molar-refractivity contribution < 1.29 is 0 Å². The average Bonchev–Trinajstić information content (AvgIpc) is 2.32. The summed E-state index contributed by atoms with van der Waals surface area (Å²) in [6, 6.07) is 0. The van der Waals surface area contributed by atoms with E-state index in [-0.39, 0.29) is 0 Å². The third-order valence-corrected chi connectivity index (χ3v) is 3.80. The van der Waals surface area contributed by atoms with Crippen LogP contribution in [0.15, 0.2) is 11.6 Å². The molecule has 0 aliphatic heterocycles. The Labute approximate surface area is 103 Å². The third kappa shape index (κ3) is 6.35. The van der Waals surface area contributed by atoms with E-state index in [4.69, 9.17) is 0 Å². The van der Waals surface area contributed by atoms with Gasteiger partial charge in [0, 0.05) is 0 Å². The van der Waals surface area contributed by atoms with Crippen LogP contribution in [0, 0.1) is 5.92 Å². The van der Waals surface area contributed by atoms with E-state index in [0.717, 1.165) is 5.92 Å². The molecule has 0 heteroatoms. The number of rotatable bonds is 3. The molecular formula is C16H30. The van der Waals surface area contributed by atoms with E-state index in [9.17, 15) is 0 Å². The molecule has 0 fully saturated rings. The highest BCUT2D eigenvalue weighted by Crippen LogP contribution is 2.24. The summed E-state index contributed by atoms with van der Waals surface area (Å²) in [7, 11) is 0. The lowest BCUT2D eigenvalue weighted by Gasteiger charge is -2.13. The molecule has 0 aromatic heterocycles. The predicted molar refractivity (Wildman–Crippen MR) is 73.7 cm³/mol. The number of unbranched alkanes of at least 4 members (excludes halogenated alkanes) is 1. The van der Waals surface area contributed by atoms with E-state index >= 15 is 0 Å². The Kier molecular flexibility index (Phi) is 7.63. The topological polar surface area (TPSA) is 0 Å². The fourth-order valence-corrected chi connectivity index (χ4v) is 2.71. The van der Waals surface area contributed by atoms with Crippen LogP contribution in [0.5, 0.6) is 0 Å². The molecule has 0 N–H and O–H groups in total. The molecule has 0 saturated heterocycles. The first-order valence-corrected chi connectivity index (χ1v) is 7.50. The zero-order valence-electron chi connectivity index (χ0n) is 11.4. The van der Waals surface area contributed by atoms with Crippen molar-refractivity contribution in [3.63, 3.8) is 0 Å². The maximum absolute atomic E-state index is 2.57. The standard InChI is InChI=1S/C16H30/c1-3-4-12-16-13-10-8-6-5-7-9-11-15(2)14-16/h13,15H,3-12,14H2,1-2H3. The quantitative estimate of drug-likeness (QED) is 0.524. The van der Waals surface area contributed by atoms with Crippen molar-refractivity contribution in [2.75, 3.05) is 0 Å². The monoisotopic (exact) mass is 222 g/mol. The van der Waals surface area contributed by atoms with Crippen LogP contribution in [0.4, 0.5) is 0 Å². The van der Waals surface area contributed by atoms with Gasteiger partial charge in [-0.05, 0) is 38.0 Å². The van der Waals surface area contributed by atoms with Gasteiger partial charge >= 0.3 is 0 Å². The Morgan fingerprint density at radius 3 is 2.69 bits per heavy atom. The van der Waals surface area contributed by atoms with E-state index in [1.807, 2.05) is 0 Å². The molecule has 0 nitrogen and oxygen atoms in total. The van der Waals surface area contributed by atoms with Gasteiger partial charge < -0.3 is 0 Å². The minimum atomic E-state index is 0.918. The zero-order chi connectivity index (χ0) is 11.6. The lowest BCUT2D eigenvalue weighted by Crippen LogP contribution is -1.97. The van der Waals surface area contributed by atoms with Gasteiger partial charge in [-0.2, -0.15) is 0 Å². The molecule has 1 aliphatic rings. The van der Waals surface area contributed by atoms with E-state index < -0.39 is 0 Å². The molecule has 1 rings (SSSR count). The van der Waals surface area contributed by atoms with Crippen LogP contribution in [-0.2, 0) is 0 Å². The molecule has 1 unspecified atom stereocenters. The predicted octanol–water partition coefficient (Wildman–Crippen LogP) is 5.87. The SMILES string of the molecule is CCCCC1=CCCCCCCCC(C)C1. The molecule has 1 atom stereocenters. The Morgan fingerprint density at radius 1 is 1.12 bits per heavy atom. The van der Waals surface area contributed by atoms with Crippen LogP contribution in [-0.4, -0.2) is 0 Å². The molecule has 0 radical (unpaired) electrons. The maximum atomic E-state index is 2.57. The minimum Gasteiger partial charge on any atom is -0.0853 e. The van der Waals surface area contributed by atoms with Crippen molar-refractivity contribution in [1.82, 2.24) is 0 Å². The summed E-state index contributed by atoms with van der Waals surface area (Å²) in [5, 5.41) is 0. The Morgan fingerprint density at radius 2 is 1.88 bits per heavy atom. The van der Waals surface area contributed by atoms with Crippen LogP contribution >= 0.6 is 0 Å². The van der Waals surface area contributed by atoms with Crippen LogP contribution in [0.2, 0.25) is 0 Å². The maximum Gasteiger partial charge on any atom is -0.0294 e. The van der Waals surface area contributed by atoms with Crippen LogP contribution in [0.3, 0.4) is 0 Å². The smallest absolute Gasteiger partial charge is 0.0294 e. The van der Waals surface area contributed by atoms with Gasteiger partial charge in [0.05, 0.1) is 0 Å². The second-order valence-electron chi connectivity index (χ2n) is 5.62. The van der Waals surface area contributed by atoms with Crippen molar-refractivity contribution >= 4 is 0 Å². The molecule has 0 amide bonds. The van der Waals surface area contributed by atoms with Gasteiger partial charge in [-0.1, -0.05) is 64.0 Å². The van der Waals surface area contributed by atoms with Crippen molar-refractivity contribution in [3.8, 4) is 0 Å². The molecule has 0 bridgehead atoms. The number of hydrogen-bond donors (Lipinski definition) is 0. The first kappa shape index (κ1) is 13.8. The summed E-state index contributed by atoms with van der Waals surface area (Å²) in [4.78, 5) is 0. The van der Waals surface area contributed by atoms with Crippen LogP contribution in [0.25, 0.3) is 0 Å². The zero-order valence-corrected chi connectivity index (χ0v) is 11.4. The van der Waals surface area contributed by atoms with E-state index in [1.54, 1.807) is 5.57 Å². The van der Waals surface area contributed by atoms with Gasteiger partial charge in [-0.15, -0.1) is 0 Å². The van der Waals surface area contributed by atoms with E-state index in [2.05, 4.69) is 19.9 Å². The lowest BCUT2D eigenvalue weighted by atomic mass is 9.93. The number of allylic oxidation sites excluding steroid dienone is 2. The molecule has 0 aromatic carbocycles. The molecule has 94 valence electrons. The molecular weight excluding hydrogens is 192 g/mol. The fourth-order valence-electron chi connectivity index (χ4n) is 2.71. The Hall–Kier alpha value is -0.260. The van der Waals surface area contributed by atoms with Gasteiger partial charge in [0.2, 0.25) is 0 Å². The van der Waals surface area contributed by atoms with Gasteiger partial charge in [0.15, 0.2) is 0 Å². The molecule has 1 aliphatic carbocycles. The summed E-state index contributed by atoms with van der Waals surface area (Å²) < 4.78 is 0. The molecule has 0 saturated carbocycles. The summed E-state index contributed by atoms with van der Waals surface area (Å²) in [6.07, 6.45) is 18.1. The number of hydrogen-bond acceptors (Lipinski definition) is 0. The fraction of sp³-hybridized carbons (Fsp3) is 0.875. The first-order valence-electron chi connectivity index (χ1n) is 7.50. The molecule has 0 spiro atoms. The van der Waals surface area contributed by atoms with Crippen LogP contribution in [0.1, 0.15) is 84.5 Å². The molecule has 0 heterocycles. The third-order valence-electron chi connectivity index (χ3n) is 3.80. The second kappa shape index (κ2) is 8.84. The summed E-state index contributed by atoms with van der Waals surface area (Å²) in [6.45, 7) is 4.74. The van der Waals surface area contributed by atoms with Crippen molar-refractivity contribution in [1.29, 1.82) is 0 Å². The highest BCUT2D eigenvalue weighted by molar-refractivity contribution is 5.03. The summed E-state index contributed by atoms with van der Waals surface area (Å²) in [5.41, 5.74) is 1.76. The van der Waals surface area contributed by atoms with Gasteiger partial charge in [0.1, 0.15) is 0 Å². The van der Waals surface area contributed by atoms with Crippen molar-refractivity contribution in [2.24, 2.45) is 5.92 Å². The molecule has 16 heavy (non-hydrogen) atoms. The second-order valence-corrected chi connectivity index (χ2v) is 5.62. The van der Waals surface area contributed by atoms with Crippen molar-refractivity contribution in [2.45, 2.75) is 84.5 Å². The van der Waals surface area contributed by atoms with E-state index in [1.165, 1.54) is 70.6 Å². The Bertz CT molecular complexity index is 190. The van der Waals surface area contributed by atoms with E-state index in [0.29, 0.717) is 0 Å².